The molecule has 1 aliphatic heterocycles. The zero-order valence-electron chi connectivity index (χ0n) is 14.7. The minimum atomic E-state index is 0.123. The number of hydrogen-bond donors (Lipinski definition) is 0. The number of ether oxygens (including phenoxy) is 2. The molecule has 3 nitrogen and oxygen atoms in total. The first-order chi connectivity index (χ1) is 11.2. The fourth-order valence-electron chi connectivity index (χ4n) is 6.37. The Morgan fingerprint density at radius 1 is 1.00 bits per heavy atom. The Kier molecular flexibility index (Phi) is 4.42. The molecule has 7 atom stereocenters. The summed E-state index contributed by atoms with van der Waals surface area (Å²) in [6, 6.07) is 0. The van der Waals surface area contributed by atoms with E-state index in [0.29, 0.717) is 35.9 Å². The van der Waals surface area contributed by atoms with Crippen LogP contribution in [0.3, 0.4) is 0 Å². The molecule has 2 bridgehead atoms. The first kappa shape index (κ1) is 15.9. The monoisotopic (exact) mass is 320 g/mol. The number of hydrogen-bond acceptors (Lipinski definition) is 3. The highest BCUT2D eigenvalue weighted by molar-refractivity contribution is 5.74. The van der Waals surface area contributed by atoms with Crippen LogP contribution in [0.4, 0.5) is 0 Å². The van der Waals surface area contributed by atoms with Gasteiger partial charge < -0.3 is 9.47 Å². The maximum Gasteiger partial charge on any atom is 0.309 e. The Morgan fingerprint density at radius 3 is 2.39 bits per heavy atom. The van der Waals surface area contributed by atoms with Crippen molar-refractivity contribution in [2.45, 2.75) is 89.9 Å². The highest BCUT2D eigenvalue weighted by Crippen LogP contribution is 2.62. The fraction of sp³-hybridized carbons (Fsp3) is 0.950. The second kappa shape index (κ2) is 6.38. The van der Waals surface area contributed by atoms with Crippen molar-refractivity contribution in [3.05, 3.63) is 0 Å². The molecule has 3 aliphatic carbocycles. The van der Waals surface area contributed by atoms with Gasteiger partial charge in [-0.1, -0.05) is 20.3 Å². The van der Waals surface area contributed by atoms with Crippen molar-refractivity contribution in [1.82, 2.24) is 0 Å². The Hall–Kier alpha value is -0.570. The average Bonchev–Trinajstić information content (AvgIpc) is 3.25. The zero-order chi connectivity index (χ0) is 16.0. The fourth-order valence-corrected chi connectivity index (χ4v) is 6.37. The van der Waals surface area contributed by atoms with Crippen molar-refractivity contribution >= 4 is 5.97 Å². The van der Waals surface area contributed by atoms with E-state index in [-0.39, 0.29) is 18.0 Å². The molecule has 0 aromatic rings. The molecule has 7 unspecified atom stereocenters. The lowest BCUT2D eigenvalue weighted by molar-refractivity contribution is -0.158. The lowest BCUT2D eigenvalue weighted by Gasteiger charge is -2.33. The van der Waals surface area contributed by atoms with Crippen LogP contribution in [0.15, 0.2) is 0 Å². The van der Waals surface area contributed by atoms with Gasteiger partial charge in [0.05, 0.1) is 18.1 Å². The molecule has 3 saturated carbocycles. The third kappa shape index (κ3) is 2.63. The molecule has 4 aliphatic rings. The van der Waals surface area contributed by atoms with E-state index in [4.69, 9.17) is 9.47 Å². The average molecular weight is 320 g/mol. The predicted octanol–water partition coefficient (Wildman–Crippen LogP) is 4.34. The van der Waals surface area contributed by atoms with Crippen molar-refractivity contribution in [2.75, 3.05) is 0 Å². The SMILES string of the molecule is CCC1OC(CC)C2C3CC(CC3C(=O)OC3CCCCC3)C12. The van der Waals surface area contributed by atoms with E-state index in [0.717, 1.165) is 32.1 Å². The number of fused-ring (bicyclic) bond motifs is 5. The largest absolute Gasteiger partial charge is 0.462 e. The topological polar surface area (TPSA) is 35.5 Å². The third-order valence-electron chi connectivity index (χ3n) is 7.28. The first-order valence-electron chi connectivity index (χ1n) is 10.1. The molecule has 0 N–H and O–H groups in total. The Labute approximate surface area is 140 Å². The summed E-state index contributed by atoms with van der Waals surface area (Å²) in [7, 11) is 0. The molecule has 3 heteroatoms. The van der Waals surface area contributed by atoms with E-state index < -0.39 is 0 Å². The van der Waals surface area contributed by atoms with E-state index in [1.807, 2.05) is 0 Å². The summed E-state index contributed by atoms with van der Waals surface area (Å²) >= 11 is 0. The second-order valence-corrected chi connectivity index (χ2v) is 8.38. The van der Waals surface area contributed by atoms with Crippen molar-refractivity contribution < 1.29 is 14.3 Å². The molecule has 0 amide bonds. The van der Waals surface area contributed by atoms with E-state index in [9.17, 15) is 4.79 Å². The Morgan fingerprint density at radius 2 is 1.70 bits per heavy atom. The van der Waals surface area contributed by atoms with Gasteiger partial charge >= 0.3 is 5.97 Å². The molecule has 0 radical (unpaired) electrons. The van der Waals surface area contributed by atoms with Crippen LogP contribution in [0.25, 0.3) is 0 Å². The van der Waals surface area contributed by atoms with Crippen molar-refractivity contribution in [1.29, 1.82) is 0 Å². The lowest BCUT2D eigenvalue weighted by Crippen LogP contribution is -2.37. The maximum absolute atomic E-state index is 12.8. The predicted molar refractivity (Wildman–Crippen MR) is 88.9 cm³/mol. The quantitative estimate of drug-likeness (QED) is 0.723. The van der Waals surface area contributed by atoms with Crippen LogP contribution in [0.5, 0.6) is 0 Å². The molecule has 1 saturated heterocycles. The van der Waals surface area contributed by atoms with E-state index in [1.165, 1.54) is 25.7 Å². The zero-order valence-corrected chi connectivity index (χ0v) is 14.7. The number of esters is 1. The molecule has 130 valence electrons. The van der Waals surface area contributed by atoms with E-state index in [2.05, 4.69) is 13.8 Å². The molecule has 4 fully saturated rings. The normalized spacial score (nSPS) is 46.1. The lowest BCUT2D eigenvalue weighted by atomic mass is 9.70. The van der Waals surface area contributed by atoms with Gasteiger partial charge in [0, 0.05) is 0 Å². The summed E-state index contributed by atoms with van der Waals surface area (Å²) in [4.78, 5) is 12.8. The molecule has 23 heavy (non-hydrogen) atoms. The van der Waals surface area contributed by atoms with E-state index in [1.54, 1.807) is 0 Å². The van der Waals surface area contributed by atoms with Gasteiger partial charge in [-0.05, 0) is 75.0 Å². The standard InChI is InChI=1S/C20H32O3/c1-3-16-18-12-10-14(19(18)17(4-2)23-16)15(11-12)20(21)22-13-8-6-5-7-9-13/h12-19H,3-11H2,1-2H3. The molecule has 0 aromatic heterocycles. The van der Waals surface area contributed by atoms with Gasteiger partial charge in [0.15, 0.2) is 0 Å². The summed E-state index contributed by atoms with van der Waals surface area (Å²) < 4.78 is 12.3. The van der Waals surface area contributed by atoms with E-state index >= 15 is 0 Å². The molecule has 4 rings (SSSR count). The van der Waals surface area contributed by atoms with Gasteiger partial charge in [-0.25, -0.2) is 0 Å². The van der Waals surface area contributed by atoms with Crippen molar-refractivity contribution in [3.8, 4) is 0 Å². The third-order valence-corrected chi connectivity index (χ3v) is 7.28. The highest BCUT2D eigenvalue weighted by Gasteiger charge is 2.62. The highest BCUT2D eigenvalue weighted by atomic mass is 16.5. The summed E-state index contributed by atoms with van der Waals surface area (Å²) in [5, 5.41) is 0. The minimum Gasteiger partial charge on any atom is -0.462 e. The van der Waals surface area contributed by atoms with Gasteiger partial charge in [0.25, 0.3) is 0 Å². The second-order valence-electron chi connectivity index (χ2n) is 8.38. The summed E-state index contributed by atoms with van der Waals surface area (Å²) in [5.74, 6) is 2.85. The number of carbonyl (C=O) groups excluding carboxylic acids is 1. The summed E-state index contributed by atoms with van der Waals surface area (Å²) in [6.45, 7) is 4.49. The van der Waals surface area contributed by atoms with Crippen molar-refractivity contribution in [2.24, 2.45) is 29.6 Å². The number of rotatable bonds is 4. The number of carbonyl (C=O) groups is 1. The van der Waals surface area contributed by atoms with Gasteiger partial charge in [-0.15, -0.1) is 0 Å². The van der Waals surface area contributed by atoms with Crippen LogP contribution in [-0.2, 0) is 14.3 Å². The maximum atomic E-state index is 12.8. The molecule has 0 aromatic carbocycles. The van der Waals surface area contributed by atoms with Gasteiger partial charge in [-0.3, -0.25) is 4.79 Å². The Bertz CT molecular complexity index is 442. The van der Waals surface area contributed by atoms with Crippen LogP contribution in [-0.4, -0.2) is 24.3 Å². The van der Waals surface area contributed by atoms with Crippen LogP contribution in [0.2, 0.25) is 0 Å². The van der Waals surface area contributed by atoms with Gasteiger partial charge in [0.1, 0.15) is 6.10 Å². The van der Waals surface area contributed by atoms with Crippen LogP contribution in [0.1, 0.15) is 71.6 Å². The van der Waals surface area contributed by atoms with Crippen molar-refractivity contribution in [3.63, 3.8) is 0 Å². The van der Waals surface area contributed by atoms with Crippen LogP contribution >= 0.6 is 0 Å². The minimum absolute atomic E-state index is 0.123. The molecule has 0 spiro atoms. The van der Waals surface area contributed by atoms with Crippen LogP contribution < -0.4 is 0 Å². The molecular formula is C20H32O3. The van der Waals surface area contributed by atoms with Crippen LogP contribution in [0, 0.1) is 29.6 Å². The van der Waals surface area contributed by atoms with Gasteiger partial charge in [0.2, 0.25) is 0 Å². The Balaban J connectivity index is 1.44. The molecular weight excluding hydrogens is 288 g/mol. The summed E-state index contributed by atoms with van der Waals surface area (Å²) in [5.41, 5.74) is 0. The molecule has 1 heterocycles. The first-order valence-corrected chi connectivity index (χ1v) is 10.1. The smallest absolute Gasteiger partial charge is 0.309 e. The van der Waals surface area contributed by atoms with Gasteiger partial charge in [-0.2, -0.15) is 0 Å². The summed E-state index contributed by atoms with van der Waals surface area (Å²) in [6.07, 6.45) is 11.5.